The van der Waals surface area contributed by atoms with E-state index in [4.69, 9.17) is 5.11 Å². The molecule has 76 valence electrons. The van der Waals surface area contributed by atoms with Crippen molar-refractivity contribution in [2.75, 3.05) is 5.32 Å². The largest absolute Gasteiger partial charge is 0.465 e. The van der Waals surface area contributed by atoms with E-state index in [1.807, 2.05) is 30.3 Å². The van der Waals surface area contributed by atoms with Gasteiger partial charge in [0, 0.05) is 11.9 Å². The summed E-state index contributed by atoms with van der Waals surface area (Å²) >= 11 is 0. The molecule has 0 aliphatic carbocycles. The number of amides is 1. The van der Waals surface area contributed by atoms with Crippen molar-refractivity contribution in [1.82, 2.24) is 5.32 Å². The Kier molecular flexibility index (Phi) is 2.41. The highest BCUT2D eigenvalue weighted by Crippen LogP contribution is 2.19. The van der Waals surface area contributed by atoms with Crippen LogP contribution in [0.5, 0.6) is 0 Å². The van der Waals surface area contributed by atoms with Crippen molar-refractivity contribution < 1.29 is 9.90 Å². The van der Waals surface area contributed by atoms with Crippen LogP contribution in [-0.2, 0) is 0 Å². The van der Waals surface area contributed by atoms with E-state index in [1.165, 1.54) is 0 Å². The van der Waals surface area contributed by atoms with Crippen LogP contribution in [0.2, 0.25) is 0 Å². The van der Waals surface area contributed by atoms with Crippen LogP contribution < -0.4 is 10.6 Å². The molecule has 1 aliphatic heterocycles. The minimum absolute atomic E-state index is 0.513. The number of hydrogen-bond acceptors (Lipinski definition) is 2. The Hall–Kier alpha value is -2.23. The van der Waals surface area contributed by atoms with Gasteiger partial charge in [0.25, 0.3) is 0 Å². The second-order valence-corrected chi connectivity index (χ2v) is 3.09. The highest BCUT2D eigenvalue weighted by atomic mass is 16.4. The Labute approximate surface area is 86.9 Å². The van der Waals surface area contributed by atoms with Crippen LogP contribution in [0.3, 0.4) is 0 Å². The predicted octanol–water partition coefficient (Wildman–Crippen LogP) is 2.23. The van der Waals surface area contributed by atoms with Crippen molar-refractivity contribution in [3.05, 3.63) is 47.8 Å². The number of carbonyl (C=O) groups is 1. The second-order valence-electron chi connectivity index (χ2n) is 3.09. The smallest absolute Gasteiger partial charge is 0.409 e. The predicted molar refractivity (Wildman–Crippen MR) is 58.3 cm³/mol. The zero-order chi connectivity index (χ0) is 10.7. The lowest BCUT2D eigenvalue weighted by molar-refractivity contribution is 0.198. The van der Waals surface area contributed by atoms with E-state index in [9.17, 15) is 4.79 Å². The fourth-order valence-electron chi connectivity index (χ4n) is 1.36. The van der Waals surface area contributed by atoms with E-state index in [2.05, 4.69) is 10.6 Å². The first kappa shape index (κ1) is 9.33. The average Bonchev–Trinajstić information content (AvgIpc) is 2.41. The number of benzene rings is 1. The molecule has 1 aromatic carbocycles. The number of fused-ring (bicyclic) bond motifs is 1. The van der Waals surface area contributed by atoms with Crippen LogP contribution in [0.4, 0.5) is 10.5 Å². The molecule has 0 atom stereocenters. The molecule has 1 heterocycles. The zero-order valence-corrected chi connectivity index (χ0v) is 7.90. The molecule has 0 aromatic heterocycles. The first-order valence-electron chi connectivity index (χ1n) is 4.49. The van der Waals surface area contributed by atoms with Gasteiger partial charge >= 0.3 is 6.09 Å². The highest BCUT2D eigenvalue weighted by Gasteiger charge is 2.03. The quantitative estimate of drug-likeness (QED) is 0.654. The molecule has 0 unspecified atom stereocenters. The maximum atomic E-state index is 10.4. The molecule has 4 nitrogen and oxygen atoms in total. The summed E-state index contributed by atoms with van der Waals surface area (Å²) in [6.07, 6.45) is 4.12. The van der Waals surface area contributed by atoms with Gasteiger partial charge in [-0.2, -0.15) is 0 Å². The number of allylic oxidation sites excluding steroid dienone is 1. The molecule has 1 aliphatic rings. The number of rotatable bonds is 1. The minimum atomic E-state index is -1.07. The summed E-state index contributed by atoms with van der Waals surface area (Å²) in [7, 11) is 0. The standard InChI is InChI=1S/C11H10N2O2/c14-11(15)13-9-6-5-8-3-1-2-4-10(8)12-7-9/h1-7,12-13H,(H,14,15). The topological polar surface area (TPSA) is 61.4 Å². The number of hydrogen-bond donors (Lipinski definition) is 3. The molecule has 0 radical (unpaired) electrons. The number of anilines is 1. The lowest BCUT2D eigenvalue weighted by atomic mass is 10.2. The molecule has 1 aromatic rings. The Morgan fingerprint density at radius 3 is 2.87 bits per heavy atom. The Balaban J connectivity index is 2.25. The molecule has 3 N–H and O–H groups in total. The summed E-state index contributed by atoms with van der Waals surface area (Å²) in [5.74, 6) is 0. The van der Waals surface area contributed by atoms with Crippen molar-refractivity contribution >= 4 is 17.9 Å². The van der Waals surface area contributed by atoms with E-state index < -0.39 is 6.09 Å². The first-order valence-corrected chi connectivity index (χ1v) is 4.49. The second kappa shape index (κ2) is 3.88. The van der Waals surface area contributed by atoms with Gasteiger partial charge < -0.3 is 10.4 Å². The molecule has 0 bridgehead atoms. The van der Waals surface area contributed by atoms with Gasteiger partial charge in [0.1, 0.15) is 0 Å². The van der Waals surface area contributed by atoms with Crippen LogP contribution in [-0.4, -0.2) is 11.2 Å². The molecule has 4 heteroatoms. The number of carboxylic acid groups (broad SMARTS) is 1. The summed E-state index contributed by atoms with van der Waals surface area (Å²) in [6.45, 7) is 0. The molecule has 0 saturated heterocycles. The summed E-state index contributed by atoms with van der Waals surface area (Å²) in [5, 5.41) is 13.9. The van der Waals surface area contributed by atoms with Crippen LogP contribution in [0.15, 0.2) is 42.2 Å². The minimum Gasteiger partial charge on any atom is -0.465 e. The molecule has 0 saturated carbocycles. The molecular weight excluding hydrogens is 192 g/mol. The van der Waals surface area contributed by atoms with E-state index >= 15 is 0 Å². The van der Waals surface area contributed by atoms with Gasteiger partial charge in [0.05, 0.1) is 5.70 Å². The third kappa shape index (κ3) is 2.17. The van der Waals surface area contributed by atoms with Crippen LogP contribution >= 0.6 is 0 Å². The fourth-order valence-corrected chi connectivity index (χ4v) is 1.36. The van der Waals surface area contributed by atoms with Gasteiger partial charge in [-0.3, -0.25) is 5.32 Å². The van der Waals surface area contributed by atoms with Gasteiger partial charge in [0.15, 0.2) is 0 Å². The van der Waals surface area contributed by atoms with E-state index in [-0.39, 0.29) is 0 Å². The normalized spacial score (nSPS) is 13.2. The third-order valence-corrected chi connectivity index (χ3v) is 2.04. The molecular formula is C11H10N2O2. The van der Waals surface area contributed by atoms with Gasteiger partial charge in [-0.1, -0.05) is 24.3 Å². The monoisotopic (exact) mass is 202 g/mol. The molecule has 2 rings (SSSR count). The van der Waals surface area contributed by atoms with Gasteiger partial charge in [-0.25, -0.2) is 4.79 Å². The third-order valence-electron chi connectivity index (χ3n) is 2.04. The van der Waals surface area contributed by atoms with Crippen LogP contribution in [0, 0.1) is 0 Å². The Morgan fingerprint density at radius 2 is 2.07 bits per heavy atom. The van der Waals surface area contributed by atoms with E-state index in [0.717, 1.165) is 11.3 Å². The van der Waals surface area contributed by atoms with Gasteiger partial charge in [-0.05, 0) is 17.7 Å². The Bertz CT molecular complexity index is 450. The summed E-state index contributed by atoms with van der Waals surface area (Å²) in [5.41, 5.74) is 2.49. The van der Waals surface area contributed by atoms with Crippen LogP contribution in [0.25, 0.3) is 6.08 Å². The molecule has 0 spiro atoms. The zero-order valence-electron chi connectivity index (χ0n) is 7.90. The van der Waals surface area contributed by atoms with Crippen molar-refractivity contribution in [1.29, 1.82) is 0 Å². The first-order chi connectivity index (χ1) is 7.25. The van der Waals surface area contributed by atoms with Crippen molar-refractivity contribution in [3.63, 3.8) is 0 Å². The maximum Gasteiger partial charge on any atom is 0.409 e. The summed E-state index contributed by atoms with van der Waals surface area (Å²) < 4.78 is 0. The van der Waals surface area contributed by atoms with Crippen molar-refractivity contribution in [2.24, 2.45) is 0 Å². The van der Waals surface area contributed by atoms with Crippen LogP contribution in [0.1, 0.15) is 5.56 Å². The van der Waals surface area contributed by atoms with Crippen molar-refractivity contribution in [2.45, 2.75) is 0 Å². The van der Waals surface area contributed by atoms with E-state index in [1.54, 1.807) is 12.3 Å². The molecule has 1 amide bonds. The molecule has 0 fully saturated rings. The lowest BCUT2D eigenvalue weighted by Gasteiger charge is -2.03. The molecule has 15 heavy (non-hydrogen) atoms. The fraction of sp³-hybridized carbons (Fsp3) is 0. The SMILES string of the molecule is O=C(O)NC1=CNc2ccccc2C=C1. The van der Waals surface area contributed by atoms with E-state index in [0.29, 0.717) is 5.70 Å². The van der Waals surface area contributed by atoms with Crippen molar-refractivity contribution in [3.8, 4) is 0 Å². The van der Waals surface area contributed by atoms with Gasteiger partial charge in [-0.15, -0.1) is 0 Å². The highest BCUT2D eigenvalue weighted by molar-refractivity contribution is 5.74. The van der Waals surface area contributed by atoms with Gasteiger partial charge in [0.2, 0.25) is 0 Å². The Morgan fingerprint density at radius 1 is 1.27 bits per heavy atom. The summed E-state index contributed by atoms with van der Waals surface area (Å²) in [4.78, 5) is 10.4. The maximum absolute atomic E-state index is 10.4. The summed E-state index contributed by atoms with van der Waals surface area (Å²) in [6, 6.07) is 7.74. The number of nitrogens with one attached hydrogen (secondary N) is 2. The number of para-hydroxylation sites is 1. The average molecular weight is 202 g/mol. The lowest BCUT2D eigenvalue weighted by Crippen LogP contribution is -2.19.